The van der Waals surface area contributed by atoms with Crippen LogP contribution in [0.3, 0.4) is 0 Å². The molecule has 2 aromatic rings. The molecule has 0 amide bonds. The predicted molar refractivity (Wildman–Crippen MR) is 88.5 cm³/mol. The summed E-state index contributed by atoms with van der Waals surface area (Å²) in [5.74, 6) is -0.499. The van der Waals surface area contributed by atoms with Crippen molar-refractivity contribution < 1.29 is 12.8 Å². The number of nitrogens with zero attached hydrogens (tertiary/aromatic N) is 1. The molecule has 0 aromatic heterocycles. The molecular weight excluding hydrogens is 337 g/mol. The van der Waals surface area contributed by atoms with Crippen molar-refractivity contribution in [3.8, 4) is 0 Å². The summed E-state index contributed by atoms with van der Waals surface area (Å²) in [7, 11) is -3.58. The van der Waals surface area contributed by atoms with Gasteiger partial charge in [0.1, 0.15) is 5.82 Å². The van der Waals surface area contributed by atoms with Gasteiger partial charge in [-0.3, -0.25) is 0 Å². The second-order valence-corrected chi connectivity index (χ2v) is 8.06. The summed E-state index contributed by atoms with van der Waals surface area (Å²) in [6, 6.07) is 10.9. The third kappa shape index (κ3) is 3.13. The molecule has 1 unspecified atom stereocenters. The van der Waals surface area contributed by atoms with Crippen LogP contribution in [-0.4, -0.2) is 19.3 Å². The van der Waals surface area contributed by atoms with Gasteiger partial charge in [0, 0.05) is 6.54 Å². The zero-order chi connectivity index (χ0) is 16.6. The Hall–Kier alpha value is -1.43. The quantitative estimate of drug-likeness (QED) is 0.824. The van der Waals surface area contributed by atoms with Crippen molar-refractivity contribution in [2.75, 3.05) is 6.54 Å². The van der Waals surface area contributed by atoms with E-state index in [-0.39, 0.29) is 16.0 Å². The van der Waals surface area contributed by atoms with Gasteiger partial charge in [-0.15, -0.1) is 0 Å². The third-order valence-electron chi connectivity index (χ3n) is 4.16. The van der Waals surface area contributed by atoms with Crippen LogP contribution in [0.4, 0.5) is 4.39 Å². The van der Waals surface area contributed by atoms with Crippen molar-refractivity contribution in [2.45, 2.75) is 30.7 Å². The molecule has 3 rings (SSSR count). The molecule has 2 aromatic carbocycles. The second kappa shape index (κ2) is 6.23. The van der Waals surface area contributed by atoms with Crippen LogP contribution in [-0.2, 0) is 10.0 Å². The maximum absolute atomic E-state index is 13.4. The first kappa shape index (κ1) is 16.4. The van der Waals surface area contributed by atoms with Crippen molar-refractivity contribution in [3.63, 3.8) is 0 Å². The molecule has 0 radical (unpaired) electrons. The first-order chi connectivity index (χ1) is 10.9. The minimum absolute atomic E-state index is 0.0158. The highest BCUT2D eigenvalue weighted by Gasteiger charge is 2.36. The van der Waals surface area contributed by atoms with Crippen molar-refractivity contribution in [2.24, 2.45) is 0 Å². The normalized spacial score (nSPS) is 19.2. The first-order valence-electron chi connectivity index (χ1n) is 7.43. The lowest BCUT2D eigenvalue weighted by molar-refractivity contribution is 0.396. The van der Waals surface area contributed by atoms with E-state index in [1.54, 1.807) is 30.3 Å². The minimum atomic E-state index is -3.58. The van der Waals surface area contributed by atoms with E-state index in [0.717, 1.165) is 17.5 Å². The van der Waals surface area contributed by atoms with E-state index in [9.17, 15) is 12.8 Å². The van der Waals surface area contributed by atoms with Gasteiger partial charge in [0.25, 0.3) is 0 Å². The maximum atomic E-state index is 13.4. The number of hydrogen-bond acceptors (Lipinski definition) is 2. The molecule has 0 spiro atoms. The van der Waals surface area contributed by atoms with Crippen molar-refractivity contribution in [1.29, 1.82) is 0 Å². The average Bonchev–Trinajstić information content (AvgIpc) is 3.01. The van der Waals surface area contributed by atoms with E-state index in [0.29, 0.717) is 13.0 Å². The number of rotatable bonds is 3. The topological polar surface area (TPSA) is 37.4 Å². The Bertz CT molecular complexity index is 821. The zero-order valence-electron chi connectivity index (χ0n) is 12.7. The van der Waals surface area contributed by atoms with Crippen LogP contribution in [0.5, 0.6) is 0 Å². The summed E-state index contributed by atoms with van der Waals surface area (Å²) in [5.41, 5.74) is 1.73. The maximum Gasteiger partial charge on any atom is 0.243 e. The Morgan fingerprint density at radius 2 is 1.87 bits per heavy atom. The van der Waals surface area contributed by atoms with Gasteiger partial charge in [-0.1, -0.05) is 35.4 Å². The number of hydrogen-bond donors (Lipinski definition) is 0. The van der Waals surface area contributed by atoms with Crippen LogP contribution >= 0.6 is 11.6 Å². The molecule has 0 bridgehead atoms. The van der Waals surface area contributed by atoms with E-state index < -0.39 is 15.8 Å². The highest BCUT2D eigenvalue weighted by molar-refractivity contribution is 7.89. The number of halogens is 2. The summed E-state index contributed by atoms with van der Waals surface area (Å²) < 4.78 is 40.6. The number of aryl methyl sites for hydroxylation is 1. The lowest BCUT2D eigenvalue weighted by Gasteiger charge is -2.24. The molecule has 122 valence electrons. The largest absolute Gasteiger partial charge is 0.243 e. The average molecular weight is 354 g/mol. The molecule has 0 aliphatic carbocycles. The van der Waals surface area contributed by atoms with Crippen LogP contribution in [0.25, 0.3) is 0 Å². The fraction of sp³-hybridized carbons (Fsp3) is 0.294. The number of sulfonamides is 1. The minimum Gasteiger partial charge on any atom is -0.207 e. The van der Waals surface area contributed by atoms with Crippen LogP contribution in [0.2, 0.25) is 5.02 Å². The zero-order valence-corrected chi connectivity index (χ0v) is 14.2. The monoisotopic (exact) mass is 353 g/mol. The molecule has 1 fully saturated rings. The standard InChI is InChI=1S/C17H17ClFNO2S/c1-12-4-7-14(8-5-12)23(21,22)20-10-2-3-17(20)13-6-9-16(19)15(18)11-13/h4-9,11,17H,2-3,10H2,1H3. The SMILES string of the molecule is Cc1ccc(S(=O)(=O)N2CCCC2c2ccc(F)c(Cl)c2)cc1. The summed E-state index contributed by atoms with van der Waals surface area (Å²) >= 11 is 5.85. The molecule has 1 aliphatic rings. The smallest absolute Gasteiger partial charge is 0.207 e. The van der Waals surface area contributed by atoms with E-state index >= 15 is 0 Å². The highest BCUT2D eigenvalue weighted by atomic mass is 35.5. The van der Waals surface area contributed by atoms with E-state index in [1.165, 1.54) is 16.4 Å². The van der Waals surface area contributed by atoms with Crippen molar-refractivity contribution >= 4 is 21.6 Å². The van der Waals surface area contributed by atoms with Crippen molar-refractivity contribution in [1.82, 2.24) is 4.31 Å². The summed E-state index contributed by atoms with van der Waals surface area (Å²) in [5, 5.41) is 0.0158. The van der Waals surface area contributed by atoms with Gasteiger partial charge in [-0.25, -0.2) is 12.8 Å². The lowest BCUT2D eigenvalue weighted by atomic mass is 10.1. The second-order valence-electron chi connectivity index (χ2n) is 5.76. The van der Waals surface area contributed by atoms with Gasteiger partial charge in [0.2, 0.25) is 10.0 Å². The molecule has 1 aliphatic heterocycles. The Labute approximate surface area is 140 Å². The Kier molecular flexibility index (Phi) is 4.45. The molecule has 6 heteroatoms. The molecule has 0 saturated carbocycles. The fourth-order valence-electron chi connectivity index (χ4n) is 2.93. The lowest BCUT2D eigenvalue weighted by Crippen LogP contribution is -2.30. The first-order valence-corrected chi connectivity index (χ1v) is 9.25. The van der Waals surface area contributed by atoms with Gasteiger partial charge in [0.05, 0.1) is 16.0 Å². The van der Waals surface area contributed by atoms with Crippen LogP contribution in [0.1, 0.15) is 30.0 Å². The Morgan fingerprint density at radius 1 is 1.17 bits per heavy atom. The van der Waals surface area contributed by atoms with Gasteiger partial charge in [0.15, 0.2) is 0 Å². The van der Waals surface area contributed by atoms with Gasteiger partial charge in [-0.2, -0.15) is 4.31 Å². The molecule has 23 heavy (non-hydrogen) atoms. The van der Waals surface area contributed by atoms with Gasteiger partial charge >= 0.3 is 0 Å². The molecular formula is C17H17ClFNO2S. The molecule has 3 nitrogen and oxygen atoms in total. The summed E-state index contributed by atoms with van der Waals surface area (Å²) in [4.78, 5) is 0.281. The summed E-state index contributed by atoms with van der Waals surface area (Å²) in [6.45, 7) is 2.37. The highest BCUT2D eigenvalue weighted by Crippen LogP contribution is 2.37. The third-order valence-corrected chi connectivity index (χ3v) is 6.37. The van der Waals surface area contributed by atoms with Gasteiger partial charge < -0.3 is 0 Å². The van der Waals surface area contributed by atoms with Crippen LogP contribution < -0.4 is 0 Å². The molecule has 1 saturated heterocycles. The molecule has 1 atom stereocenters. The van der Waals surface area contributed by atoms with Crippen molar-refractivity contribution in [3.05, 3.63) is 64.4 Å². The van der Waals surface area contributed by atoms with E-state index in [2.05, 4.69) is 0 Å². The Morgan fingerprint density at radius 3 is 2.52 bits per heavy atom. The summed E-state index contributed by atoms with van der Waals surface area (Å²) in [6.07, 6.45) is 1.47. The predicted octanol–water partition coefficient (Wildman–Crippen LogP) is 4.31. The fourth-order valence-corrected chi connectivity index (χ4v) is 4.80. The molecule has 1 heterocycles. The van der Waals surface area contributed by atoms with Crippen LogP contribution in [0, 0.1) is 12.7 Å². The molecule has 0 N–H and O–H groups in total. The number of benzene rings is 2. The van der Waals surface area contributed by atoms with E-state index in [1.807, 2.05) is 6.92 Å². The van der Waals surface area contributed by atoms with Crippen LogP contribution in [0.15, 0.2) is 47.4 Å². The van der Waals surface area contributed by atoms with E-state index in [4.69, 9.17) is 11.6 Å². The Balaban J connectivity index is 1.97. The van der Waals surface area contributed by atoms with Gasteiger partial charge in [-0.05, 0) is 49.6 Å².